The number of benzene rings is 2. The maximum absolute atomic E-state index is 12.1. The molecule has 134 valence electrons. The number of aromatic nitrogens is 1. The maximum atomic E-state index is 12.1. The van der Waals surface area contributed by atoms with Crippen molar-refractivity contribution in [1.29, 1.82) is 0 Å². The zero-order valence-corrected chi connectivity index (χ0v) is 15.0. The Labute approximate surface area is 153 Å². The average molecular weight is 350 g/mol. The number of carbonyl (C=O) groups excluding carboxylic acids is 1. The Morgan fingerprint density at radius 1 is 1.12 bits per heavy atom. The van der Waals surface area contributed by atoms with Crippen LogP contribution in [0.4, 0.5) is 0 Å². The van der Waals surface area contributed by atoms with Crippen molar-refractivity contribution in [3.8, 4) is 17.1 Å². The Balaban J connectivity index is 1.48. The number of hydrogen-bond donors (Lipinski definition) is 1. The number of rotatable bonds is 7. The lowest BCUT2D eigenvalue weighted by atomic mass is 10.1. The second-order valence-corrected chi connectivity index (χ2v) is 6.17. The van der Waals surface area contributed by atoms with Gasteiger partial charge in [0.15, 0.2) is 5.76 Å². The fraction of sp³-hybridized carbons (Fsp3) is 0.238. The summed E-state index contributed by atoms with van der Waals surface area (Å²) in [5, 5.41) is 6.90. The van der Waals surface area contributed by atoms with Crippen molar-refractivity contribution in [2.75, 3.05) is 13.7 Å². The second kappa shape index (κ2) is 8.34. The highest BCUT2D eigenvalue weighted by Crippen LogP contribution is 2.20. The summed E-state index contributed by atoms with van der Waals surface area (Å²) in [5.41, 5.74) is 3.91. The first-order valence-electron chi connectivity index (χ1n) is 8.56. The molecule has 26 heavy (non-hydrogen) atoms. The van der Waals surface area contributed by atoms with Gasteiger partial charge in [-0.1, -0.05) is 47.1 Å². The number of nitrogens with one attached hydrogen (secondary N) is 1. The molecule has 0 unspecified atom stereocenters. The van der Waals surface area contributed by atoms with Gasteiger partial charge in [-0.15, -0.1) is 0 Å². The molecule has 0 atom stereocenters. The Morgan fingerprint density at radius 2 is 1.85 bits per heavy atom. The Kier molecular flexibility index (Phi) is 5.69. The molecule has 1 heterocycles. The van der Waals surface area contributed by atoms with Crippen molar-refractivity contribution in [2.24, 2.45) is 0 Å². The minimum absolute atomic E-state index is 0.0673. The molecule has 0 aliphatic rings. The molecule has 0 fully saturated rings. The van der Waals surface area contributed by atoms with E-state index < -0.39 is 0 Å². The first-order valence-corrected chi connectivity index (χ1v) is 8.56. The largest absolute Gasteiger partial charge is 0.497 e. The molecule has 0 spiro atoms. The van der Waals surface area contributed by atoms with Crippen LogP contribution in [0, 0.1) is 6.92 Å². The van der Waals surface area contributed by atoms with Gasteiger partial charge in [0.25, 0.3) is 0 Å². The van der Waals surface area contributed by atoms with Gasteiger partial charge in [0, 0.05) is 18.2 Å². The van der Waals surface area contributed by atoms with Crippen LogP contribution in [0.2, 0.25) is 0 Å². The van der Waals surface area contributed by atoms with Crippen LogP contribution in [0.1, 0.15) is 16.8 Å². The van der Waals surface area contributed by atoms with Crippen LogP contribution < -0.4 is 10.1 Å². The van der Waals surface area contributed by atoms with Crippen LogP contribution in [-0.2, 0) is 17.6 Å². The third kappa shape index (κ3) is 4.72. The Hall–Kier alpha value is -3.08. The maximum Gasteiger partial charge on any atom is 0.226 e. The van der Waals surface area contributed by atoms with Crippen LogP contribution in [0.5, 0.6) is 5.75 Å². The molecule has 1 aromatic heterocycles. The lowest BCUT2D eigenvalue weighted by Crippen LogP contribution is -2.27. The van der Waals surface area contributed by atoms with Crippen LogP contribution in [0.3, 0.4) is 0 Å². The Morgan fingerprint density at radius 3 is 2.54 bits per heavy atom. The number of carbonyl (C=O) groups is 1. The number of ether oxygens (including phenoxy) is 1. The van der Waals surface area contributed by atoms with Crippen molar-refractivity contribution < 1.29 is 14.1 Å². The molecule has 0 saturated heterocycles. The second-order valence-electron chi connectivity index (χ2n) is 6.17. The highest BCUT2D eigenvalue weighted by molar-refractivity contribution is 5.78. The van der Waals surface area contributed by atoms with Crippen molar-refractivity contribution in [2.45, 2.75) is 19.8 Å². The number of hydrogen-bond acceptors (Lipinski definition) is 4. The molecule has 0 saturated carbocycles. The Bertz CT molecular complexity index is 852. The SMILES string of the molecule is COc1ccc(CCNC(=O)Cc2cc(-c3ccc(C)cc3)on2)cc1. The lowest BCUT2D eigenvalue weighted by molar-refractivity contribution is -0.120. The molecule has 5 heteroatoms. The number of methoxy groups -OCH3 is 1. The van der Waals surface area contributed by atoms with Gasteiger partial charge in [0.2, 0.25) is 5.91 Å². The van der Waals surface area contributed by atoms with Crippen LogP contribution in [-0.4, -0.2) is 24.7 Å². The quantitative estimate of drug-likeness (QED) is 0.708. The summed E-state index contributed by atoms with van der Waals surface area (Å²) in [6, 6.07) is 17.6. The summed E-state index contributed by atoms with van der Waals surface area (Å²) in [7, 11) is 1.64. The van der Waals surface area contributed by atoms with Gasteiger partial charge in [-0.2, -0.15) is 0 Å². The summed E-state index contributed by atoms with van der Waals surface area (Å²) in [6.45, 7) is 2.61. The molecule has 0 aliphatic heterocycles. The van der Waals surface area contributed by atoms with Crippen molar-refractivity contribution in [3.63, 3.8) is 0 Å². The van der Waals surface area contributed by atoms with Crippen molar-refractivity contribution >= 4 is 5.91 Å². The molecule has 0 aliphatic carbocycles. The van der Waals surface area contributed by atoms with E-state index in [1.807, 2.05) is 61.5 Å². The molecular formula is C21H22N2O3. The molecule has 1 N–H and O–H groups in total. The number of amides is 1. The normalized spacial score (nSPS) is 10.5. The molecular weight excluding hydrogens is 328 g/mol. The third-order valence-electron chi connectivity index (χ3n) is 4.13. The van der Waals surface area contributed by atoms with Gasteiger partial charge in [-0.05, 0) is 31.0 Å². The smallest absolute Gasteiger partial charge is 0.226 e. The van der Waals surface area contributed by atoms with Gasteiger partial charge in [0.1, 0.15) is 5.75 Å². The van der Waals surface area contributed by atoms with E-state index in [0.29, 0.717) is 18.0 Å². The van der Waals surface area contributed by atoms with Gasteiger partial charge in [-0.25, -0.2) is 0 Å². The predicted octanol–water partition coefficient (Wildman–Crippen LogP) is 3.56. The van der Waals surface area contributed by atoms with E-state index >= 15 is 0 Å². The molecule has 0 radical (unpaired) electrons. The summed E-state index contributed by atoms with van der Waals surface area (Å²) < 4.78 is 10.5. The van der Waals surface area contributed by atoms with E-state index in [4.69, 9.17) is 9.26 Å². The monoisotopic (exact) mass is 350 g/mol. The molecule has 1 amide bonds. The average Bonchev–Trinajstić information content (AvgIpc) is 3.11. The minimum atomic E-state index is -0.0673. The summed E-state index contributed by atoms with van der Waals surface area (Å²) in [5.74, 6) is 1.43. The number of nitrogens with zero attached hydrogens (tertiary/aromatic N) is 1. The van der Waals surface area contributed by atoms with E-state index in [0.717, 1.165) is 23.3 Å². The summed E-state index contributed by atoms with van der Waals surface area (Å²) in [6.07, 6.45) is 0.973. The zero-order valence-electron chi connectivity index (χ0n) is 15.0. The third-order valence-corrected chi connectivity index (χ3v) is 4.13. The van der Waals surface area contributed by atoms with E-state index in [-0.39, 0.29) is 12.3 Å². The fourth-order valence-corrected chi connectivity index (χ4v) is 2.61. The molecule has 3 aromatic rings. The van der Waals surface area contributed by atoms with Gasteiger partial charge in [0.05, 0.1) is 19.2 Å². The van der Waals surface area contributed by atoms with Crippen LogP contribution in [0.25, 0.3) is 11.3 Å². The fourth-order valence-electron chi connectivity index (χ4n) is 2.61. The highest BCUT2D eigenvalue weighted by atomic mass is 16.5. The standard InChI is InChI=1S/C21H22N2O3/c1-15-3-7-17(8-4-15)20-13-18(23-26-20)14-21(24)22-12-11-16-5-9-19(25-2)10-6-16/h3-10,13H,11-12,14H2,1-2H3,(H,22,24). The predicted molar refractivity (Wildman–Crippen MR) is 100 cm³/mol. The summed E-state index contributed by atoms with van der Waals surface area (Å²) >= 11 is 0. The molecule has 2 aromatic carbocycles. The lowest BCUT2D eigenvalue weighted by Gasteiger charge is -2.05. The van der Waals surface area contributed by atoms with E-state index in [1.165, 1.54) is 5.56 Å². The van der Waals surface area contributed by atoms with Crippen LogP contribution >= 0.6 is 0 Å². The first-order chi connectivity index (χ1) is 12.6. The van der Waals surface area contributed by atoms with Gasteiger partial charge in [-0.3, -0.25) is 4.79 Å². The van der Waals surface area contributed by atoms with Crippen LogP contribution in [0.15, 0.2) is 59.1 Å². The minimum Gasteiger partial charge on any atom is -0.497 e. The molecule has 5 nitrogen and oxygen atoms in total. The van der Waals surface area contributed by atoms with E-state index in [9.17, 15) is 4.79 Å². The highest BCUT2D eigenvalue weighted by Gasteiger charge is 2.10. The van der Waals surface area contributed by atoms with E-state index in [1.54, 1.807) is 7.11 Å². The molecule has 0 bridgehead atoms. The van der Waals surface area contributed by atoms with E-state index in [2.05, 4.69) is 10.5 Å². The number of aryl methyl sites for hydroxylation is 1. The zero-order chi connectivity index (χ0) is 18.4. The topological polar surface area (TPSA) is 64.4 Å². The van der Waals surface area contributed by atoms with Crippen molar-refractivity contribution in [1.82, 2.24) is 10.5 Å². The van der Waals surface area contributed by atoms with Gasteiger partial charge < -0.3 is 14.6 Å². The first kappa shape index (κ1) is 17.7. The molecule has 3 rings (SSSR count). The van der Waals surface area contributed by atoms with Crippen molar-refractivity contribution in [3.05, 3.63) is 71.4 Å². The summed E-state index contributed by atoms with van der Waals surface area (Å²) in [4.78, 5) is 12.1. The van der Waals surface area contributed by atoms with Gasteiger partial charge >= 0.3 is 0 Å².